The summed E-state index contributed by atoms with van der Waals surface area (Å²) in [5.74, 6) is 2.26. The van der Waals surface area contributed by atoms with Crippen LogP contribution in [0.5, 0.6) is 0 Å². The van der Waals surface area contributed by atoms with Crippen LogP contribution in [0, 0.1) is 0 Å². The predicted octanol–water partition coefficient (Wildman–Crippen LogP) is 4.38. The van der Waals surface area contributed by atoms with Gasteiger partial charge in [0.25, 0.3) is 0 Å². The smallest absolute Gasteiger partial charge is 0.213 e. The Kier molecular flexibility index (Phi) is 9.61. The van der Waals surface area contributed by atoms with E-state index in [9.17, 15) is 0 Å². The van der Waals surface area contributed by atoms with E-state index in [1.807, 2.05) is 6.07 Å². The normalized spacial score (nSPS) is 13.6. The summed E-state index contributed by atoms with van der Waals surface area (Å²) in [6.45, 7) is 14.1. The molecule has 1 atom stereocenters. The molecule has 0 radical (unpaired) electrons. The second kappa shape index (κ2) is 11.0. The number of halogens is 1. The maximum absolute atomic E-state index is 5.82. The first kappa shape index (κ1) is 25.4. The first-order valence-electron chi connectivity index (χ1n) is 9.83. The standard InChI is InChI=1S/C22H35N5O.HI/c1-16(17-11-9-8-10-12-17)27-22(5,6)15-26-20(23-7)25-14-19-24-13-18(28-19)21(2,3)4;/h8-13,16,27H,14-15H2,1-7H3,(H2,23,25,26);1H. The molecule has 0 aliphatic heterocycles. The summed E-state index contributed by atoms with van der Waals surface area (Å²) in [5.41, 5.74) is 1.11. The lowest BCUT2D eigenvalue weighted by Gasteiger charge is -2.31. The third-order valence-electron chi connectivity index (χ3n) is 4.53. The number of hydrogen-bond donors (Lipinski definition) is 3. The van der Waals surface area contributed by atoms with Crippen LogP contribution in [0.15, 0.2) is 45.9 Å². The maximum atomic E-state index is 5.82. The monoisotopic (exact) mass is 513 g/mol. The fourth-order valence-corrected chi connectivity index (χ4v) is 2.89. The summed E-state index contributed by atoms with van der Waals surface area (Å²) in [6, 6.07) is 10.7. The fraction of sp³-hybridized carbons (Fsp3) is 0.545. The molecule has 0 aliphatic rings. The summed E-state index contributed by atoms with van der Waals surface area (Å²) in [5, 5.41) is 10.3. The van der Waals surface area contributed by atoms with Crippen molar-refractivity contribution in [1.82, 2.24) is 20.9 Å². The molecule has 0 bridgehead atoms. The van der Waals surface area contributed by atoms with Gasteiger partial charge in [-0.15, -0.1) is 24.0 Å². The van der Waals surface area contributed by atoms with Gasteiger partial charge in [0, 0.05) is 30.6 Å². The van der Waals surface area contributed by atoms with Crippen LogP contribution < -0.4 is 16.0 Å². The molecule has 1 aromatic heterocycles. The lowest BCUT2D eigenvalue weighted by Crippen LogP contribution is -2.52. The van der Waals surface area contributed by atoms with Gasteiger partial charge in [0.05, 0.1) is 12.7 Å². The van der Waals surface area contributed by atoms with Crippen LogP contribution in [0.3, 0.4) is 0 Å². The molecule has 0 spiro atoms. The molecule has 0 aliphatic carbocycles. The van der Waals surface area contributed by atoms with E-state index in [0.29, 0.717) is 12.4 Å². The van der Waals surface area contributed by atoms with Gasteiger partial charge in [-0.2, -0.15) is 0 Å². The summed E-state index contributed by atoms with van der Waals surface area (Å²) in [7, 11) is 1.76. The second-order valence-corrected chi connectivity index (χ2v) is 8.81. The van der Waals surface area contributed by atoms with Crippen molar-refractivity contribution in [1.29, 1.82) is 0 Å². The largest absolute Gasteiger partial charge is 0.443 e. The lowest BCUT2D eigenvalue weighted by atomic mass is 9.94. The van der Waals surface area contributed by atoms with Crippen LogP contribution in [-0.4, -0.2) is 30.1 Å². The Morgan fingerprint density at radius 3 is 2.31 bits per heavy atom. The molecule has 29 heavy (non-hydrogen) atoms. The Hall–Kier alpha value is -1.61. The van der Waals surface area contributed by atoms with E-state index in [1.165, 1.54) is 5.56 Å². The highest BCUT2D eigenvalue weighted by atomic mass is 127. The predicted molar refractivity (Wildman–Crippen MR) is 131 cm³/mol. The number of rotatable bonds is 7. The van der Waals surface area contributed by atoms with Crippen LogP contribution >= 0.6 is 24.0 Å². The third-order valence-corrected chi connectivity index (χ3v) is 4.53. The highest BCUT2D eigenvalue weighted by Crippen LogP contribution is 2.22. The SMILES string of the molecule is CN=C(NCc1ncc(C(C)(C)C)o1)NCC(C)(C)NC(C)c1ccccc1.I. The van der Waals surface area contributed by atoms with Crippen molar-refractivity contribution in [3.63, 3.8) is 0 Å². The van der Waals surface area contributed by atoms with Gasteiger partial charge in [-0.25, -0.2) is 4.98 Å². The van der Waals surface area contributed by atoms with Crippen molar-refractivity contribution in [2.75, 3.05) is 13.6 Å². The van der Waals surface area contributed by atoms with Gasteiger partial charge in [-0.1, -0.05) is 51.1 Å². The number of nitrogens with zero attached hydrogens (tertiary/aromatic N) is 2. The number of nitrogens with one attached hydrogen (secondary N) is 3. The molecule has 3 N–H and O–H groups in total. The molecule has 0 saturated heterocycles. The van der Waals surface area contributed by atoms with Crippen molar-refractivity contribution in [2.45, 2.75) is 65.1 Å². The van der Waals surface area contributed by atoms with E-state index in [4.69, 9.17) is 4.42 Å². The highest BCUT2D eigenvalue weighted by molar-refractivity contribution is 14.0. The minimum atomic E-state index is -0.116. The molecule has 2 aromatic rings. The minimum absolute atomic E-state index is 0. The first-order valence-corrected chi connectivity index (χ1v) is 9.83. The number of hydrogen-bond acceptors (Lipinski definition) is 4. The molecule has 1 unspecified atom stereocenters. The fourth-order valence-electron chi connectivity index (χ4n) is 2.89. The van der Waals surface area contributed by atoms with E-state index >= 15 is 0 Å². The number of aliphatic imine (C=N–C) groups is 1. The highest BCUT2D eigenvalue weighted by Gasteiger charge is 2.22. The molecule has 1 heterocycles. The number of guanidine groups is 1. The summed E-state index contributed by atoms with van der Waals surface area (Å²) in [6.07, 6.45) is 1.80. The van der Waals surface area contributed by atoms with Gasteiger partial charge in [0.15, 0.2) is 5.96 Å². The topological polar surface area (TPSA) is 74.5 Å². The molecule has 0 saturated carbocycles. The molecule has 162 valence electrons. The van der Waals surface area contributed by atoms with Crippen molar-refractivity contribution < 1.29 is 4.42 Å². The molecule has 6 nitrogen and oxygen atoms in total. The molecule has 0 fully saturated rings. The second-order valence-electron chi connectivity index (χ2n) is 8.81. The lowest BCUT2D eigenvalue weighted by molar-refractivity contribution is 0.344. The van der Waals surface area contributed by atoms with Gasteiger partial charge >= 0.3 is 0 Å². The van der Waals surface area contributed by atoms with Gasteiger partial charge in [0.2, 0.25) is 5.89 Å². The first-order chi connectivity index (χ1) is 13.1. The van der Waals surface area contributed by atoms with E-state index in [-0.39, 0.29) is 41.0 Å². The quantitative estimate of drug-likeness (QED) is 0.291. The molecule has 0 amide bonds. The molecular weight excluding hydrogens is 477 g/mol. The van der Waals surface area contributed by atoms with Gasteiger partial charge in [-0.05, 0) is 26.3 Å². The van der Waals surface area contributed by atoms with Crippen LogP contribution in [0.25, 0.3) is 0 Å². The molecule has 1 aromatic carbocycles. The van der Waals surface area contributed by atoms with E-state index in [2.05, 4.69) is 91.7 Å². The Morgan fingerprint density at radius 1 is 1.10 bits per heavy atom. The van der Waals surface area contributed by atoms with Crippen LogP contribution in [-0.2, 0) is 12.0 Å². The Bertz CT molecular complexity index is 765. The van der Waals surface area contributed by atoms with E-state index in [1.54, 1.807) is 13.2 Å². The average molecular weight is 513 g/mol. The number of aromatic nitrogens is 1. The summed E-state index contributed by atoms with van der Waals surface area (Å²) < 4.78 is 5.82. The zero-order valence-electron chi connectivity index (χ0n) is 18.7. The number of oxazole rings is 1. The molecule has 2 rings (SSSR count). The van der Waals surface area contributed by atoms with Gasteiger partial charge in [-0.3, -0.25) is 4.99 Å². The van der Waals surface area contributed by atoms with Gasteiger partial charge in [0.1, 0.15) is 5.76 Å². The zero-order valence-corrected chi connectivity index (χ0v) is 21.0. The molecular formula is C22H36IN5O. The van der Waals surface area contributed by atoms with E-state index < -0.39 is 0 Å². The Balaban J connectivity index is 0.00000420. The average Bonchev–Trinajstić information content (AvgIpc) is 3.11. The van der Waals surface area contributed by atoms with Crippen LogP contribution in [0.1, 0.15) is 64.8 Å². The maximum Gasteiger partial charge on any atom is 0.213 e. The summed E-state index contributed by atoms with van der Waals surface area (Å²) in [4.78, 5) is 8.64. The molecule has 7 heteroatoms. The van der Waals surface area contributed by atoms with Crippen LogP contribution in [0.4, 0.5) is 0 Å². The van der Waals surface area contributed by atoms with Crippen molar-refractivity contribution >= 4 is 29.9 Å². The Morgan fingerprint density at radius 2 is 1.76 bits per heavy atom. The van der Waals surface area contributed by atoms with Crippen LogP contribution in [0.2, 0.25) is 0 Å². The van der Waals surface area contributed by atoms with Crippen molar-refractivity contribution in [3.8, 4) is 0 Å². The zero-order chi connectivity index (χ0) is 20.8. The van der Waals surface area contributed by atoms with Gasteiger partial charge < -0.3 is 20.4 Å². The number of benzene rings is 1. The van der Waals surface area contributed by atoms with E-state index in [0.717, 1.165) is 18.3 Å². The van der Waals surface area contributed by atoms with Crippen molar-refractivity contribution in [3.05, 3.63) is 53.7 Å². The summed E-state index contributed by atoms with van der Waals surface area (Å²) >= 11 is 0. The van der Waals surface area contributed by atoms with Crippen molar-refractivity contribution in [2.24, 2.45) is 4.99 Å². The minimum Gasteiger partial charge on any atom is -0.443 e. The third kappa shape index (κ3) is 8.34. The Labute approximate surface area is 192 Å².